The molecule has 1 fully saturated rings. The zero-order chi connectivity index (χ0) is 12.6. The molecule has 2 N–H and O–H groups in total. The Bertz CT molecular complexity index is 372. The molecular weight excluding hydrogens is 230 g/mol. The number of hydrogen-bond acceptors (Lipinski definition) is 4. The van der Waals surface area contributed by atoms with Crippen LogP contribution in [0, 0.1) is 0 Å². The van der Waals surface area contributed by atoms with E-state index in [9.17, 15) is 0 Å². The molecule has 1 aromatic rings. The van der Waals surface area contributed by atoms with Gasteiger partial charge in [0.25, 0.3) is 0 Å². The summed E-state index contributed by atoms with van der Waals surface area (Å²) in [4.78, 5) is 8.37. The van der Waals surface area contributed by atoms with Gasteiger partial charge >= 0.3 is 0 Å². The summed E-state index contributed by atoms with van der Waals surface area (Å²) in [7, 11) is 0. The van der Waals surface area contributed by atoms with Crippen LogP contribution >= 0.6 is 11.3 Å². The molecule has 17 heavy (non-hydrogen) atoms. The lowest BCUT2D eigenvalue weighted by Crippen LogP contribution is -2.35. The van der Waals surface area contributed by atoms with Gasteiger partial charge < -0.3 is 5.73 Å². The van der Waals surface area contributed by atoms with E-state index in [0.29, 0.717) is 18.0 Å². The van der Waals surface area contributed by atoms with E-state index in [0.717, 1.165) is 13.0 Å². The minimum atomic E-state index is 0.262. The summed E-state index contributed by atoms with van der Waals surface area (Å²) >= 11 is 1.83. The van der Waals surface area contributed by atoms with Gasteiger partial charge in [-0.3, -0.25) is 4.90 Å². The summed E-state index contributed by atoms with van der Waals surface area (Å²) in [5.41, 5.74) is 6.26. The van der Waals surface area contributed by atoms with E-state index in [1.807, 2.05) is 17.5 Å². The van der Waals surface area contributed by atoms with Crippen molar-refractivity contribution in [3.05, 3.63) is 16.1 Å². The first-order valence-electron chi connectivity index (χ1n) is 6.47. The normalized spacial score (nSPS) is 26.3. The number of nitrogens with zero attached hydrogens (tertiary/aromatic N) is 2. The lowest BCUT2D eigenvalue weighted by Gasteiger charge is -2.29. The Hall–Kier alpha value is -0.450. The van der Waals surface area contributed by atoms with Crippen molar-refractivity contribution in [2.24, 2.45) is 5.73 Å². The minimum Gasteiger partial charge on any atom is -0.326 e. The van der Waals surface area contributed by atoms with Crippen molar-refractivity contribution >= 4 is 11.3 Å². The van der Waals surface area contributed by atoms with Crippen LogP contribution < -0.4 is 5.73 Å². The Morgan fingerprint density at radius 3 is 2.65 bits per heavy atom. The molecule has 1 saturated heterocycles. The molecule has 1 aliphatic rings. The Morgan fingerprint density at radius 1 is 1.41 bits per heavy atom. The highest BCUT2D eigenvalue weighted by atomic mass is 32.1. The first-order chi connectivity index (χ1) is 8.00. The lowest BCUT2D eigenvalue weighted by molar-refractivity contribution is 0.200. The predicted molar refractivity (Wildman–Crippen MR) is 73.4 cm³/mol. The zero-order valence-corrected chi connectivity index (χ0v) is 12.0. The van der Waals surface area contributed by atoms with Crippen LogP contribution in [0.4, 0.5) is 0 Å². The summed E-state index contributed by atoms with van der Waals surface area (Å²) in [5, 5.41) is 1.22. The van der Waals surface area contributed by atoms with Crippen molar-refractivity contribution in [1.82, 2.24) is 9.88 Å². The van der Waals surface area contributed by atoms with Crippen molar-refractivity contribution in [1.29, 1.82) is 0 Å². The molecule has 2 rings (SSSR count). The molecular formula is C13H23N3S. The highest BCUT2D eigenvalue weighted by Gasteiger charge is 2.35. The van der Waals surface area contributed by atoms with Crippen LogP contribution in [0.25, 0.3) is 0 Å². The fraction of sp³-hybridized carbons (Fsp3) is 0.769. The van der Waals surface area contributed by atoms with Gasteiger partial charge in [-0.1, -0.05) is 13.8 Å². The molecule has 0 spiro atoms. The van der Waals surface area contributed by atoms with Crippen LogP contribution in [0.5, 0.6) is 0 Å². The quantitative estimate of drug-likeness (QED) is 0.900. The average Bonchev–Trinajstić information content (AvgIpc) is 2.82. The number of nitrogens with two attached hydrogens (primary N) is 1. The Labute approximate surface area is 108 Å². The van der Waals surface area contributed by atoms with E-state index >= 15 is 0 Å². The third-order valence-corrected chi connectivity index (χ3v) is 4.84. The topological polar surface area (TPSA) is 42.1 Å². The summed E-state index contributed by atoms with van der Waals surface area (Å²) in [6.07, 6.45) is 3.13. The van der Waals surface area contributed by atoms with Gasteiger partial charge in [0.15, 0.2) is 0 Å². The molecule has 3 nitrogen and oxygen atoms in total. The number of rotatable bonds is 3. The zero-order valence-electron chi connectivity index (χ0n) is 11.2. The van der Waals surface area contributed by atoms with Crippen molar-refractivity contribution in [3.8, 4) is 0 Å². The molecule has 96 valence electrons. The van der Waals surface area contributed by atoms with Crippen molar-refractivity contribution in [3.63, 3.8) is 0 Å². The van der Waals surface area contributed by atoms with Crippen LogP contribution in [0.3, 0.4) is 0 Å². The number of aromatic nitrogens is 1. The van der Waals surface area contributed by atoms with E-state index in [2.05, 4.69) is 37.6 Å². The third kappa shape index (κ3) is 2.54. The number of hydrogen-bond donors (Lipinski definition) is 1. The molecule has 4 heteroatoms. The molecule has 2 heterocycles. The summed E-state index contributed by atoms with van der Waals surface area (Å²) in [6.45, 7) is 9.98. The van der Waals surface area contributed by atoms with E-state index in [1.165, 1.54) is 9.88 Å². The van der Waals surface area contributed by atoms with E-state index in [1.54, 1.807) is 0 Å². The molecule has 0 aromatic carbocycles. The van der Waals surface area contributed by atoms with Crippen molar-refractivity contribution in [2.45, 2.75) is 58.2 Å². The molecule has 2 unspecified atom stereocenters. The second kappa shape index (κ2) is 5.04. The molecule has 0 amide bonds. The van der Waals surface area contributed by atoms with Gasteiger partial charge in [-0.15, -0.1) is 11.3 Å². The maximum atomic E-state index is 6.26. The molecule has 1 aromatic heterocycles. The van der Waals surface area contributed by atoms with Gasteiger partial charge in [0.1, 0.15) is 0 Å². The van der Waals surface area contributed by atoms with E-state index < -0.39 is 0 Å². The maximum Gasteiger partial charge on any atom is 0.0953 e. The van der Waals surface area contributed by atoms with Gasteiger partial charge in [-0.2, -0.15) is 0 Å². The molecule has 0 bridgehead atoms. The predicted octanol–water partition coefficient (Wildman–Crippen LogP) is 2.75. The molecule has 1 aliphatic heterocycles. The Kier molecular flexibility index (Phi) is 3.85. The second-order valence-corrected chi connectivity index (χ2v) is 6.58. The number of thiazole rings is 1. The van der Waals surface area contributed by atoms with Gasteiger partial charge in [0, 0.05) is 35.6 Å². The van der Waals surface area contributed by atoms with Gasteiger partial charge in [-0.25, -0.2) is 4.98 Å². The third-order valence-electron chi connectivity index (χ3n) is 3.47. The smallest absolute Gasteiger partial charge is 0.0953 e. The molecule has 0 aliphatic carbocycles. The Balaban J connectivity index is 2.23. The van der Waals surface area contributed by atoms with Crippen LogP contribution in [-0.2, 0) is 0 Å². The van der Waals surface area contributed by atoms with Crippen LogP contribution in [0.2, 0.25) is 0 Å². The fourth-order valence-corrected chi connectivity index (χ4v) is 3.62. The summed E-state index contributed by atoms with van der Waals surface area (Å²) < 4.78 is 0. The SMILES string of the molecule is CC(C)c1ncc(C2C(N)CCN2C(C)C)s1. The highest BCUT2D eigenvalue weighted by molar-refractivity contribution is 7.11. The van der Waals surface area contributed by atoms with Gasteiger partial charge in [0.2, 0.25) is 0 Å². The average molecular weight is 253 g/mol. The minimum absolute atomic E-state index is 0.262. The molecule has 0 radical (unpaired) electrons. The van der Waals surface area contributed by atoms with Crippen molar-refractivity contribution < 1.29 is 0 Å². The Morgan fingerprint density at radius 2 is 2.12 bits per heavy atom. The van der Waals surface area contributed by atoms with E-state index in [4.69, 9.17) is 5.73 Å². The first kappa shape index (κ1) is 13.0. The van der Waals surface area contributed by atoms with Crippen LogP contribution in [-0.4, -0.2) is 28.5 Å². The lowest BCUT2D eigenvalue weighted by atomic mass is 10.1. The van der Waals surface area contributed by atoms with Gasteiger partial charge in [0.05, 0.1) is 11.0 Å². The summed E-state index contributed by atoms with van der Waals surface area (Å²) in [5.74, 6) is 0.513. The maximum absolute atomic E-state index is 6.26. The number of likely N-dealkylation sites (tertiary alicyclic amines) is 1. The monoisotopic (exact) mass is 253 g/mol. The standard InChI is InChI=1S/C13H23N3S/c1-8(2)13-15-7-11(17-13)12-10(14)5-6-16(12)9(3)4/h7-10,12H,5-6,14H2,1-4H3. The first-order valence-corrected chi connectivity index (χ1v) is 7.29. The van der Waals surface area contributed by atoms with Crippen LogP contribution in [0.15, 0.2) is 6.20 Å². The highest BCUT2D eigenvalue weighted by Crippen LogP contribution is 2.36. The fourth-order valence-electron chi connectivity index (χ4n) is 2.50. The largest absolute Gasteiger partial charge is 0.326 e. The molecule has 0 saturated carbocycles. The van der Waals surface area contributed by atoms with Crippen molar-refractivity contribution in [2.75, 3.05) is 6.54 Å². The summed E-state index contributed by atoms with van der Waals surface area (Å²) in [6, 6.07) is 1.19. The van der Waals surface area contributed by atoms with Gasteiger partial charge in [-0.05, 0) is 20.3 Å². The second-order valence-electron chi connectivity index (χ2n) is 5.48. The van der Waals surface area contributed by atoms with E-state index in [-0.39, 0.29) is 6.04 Å². The van der Waals surface area contributed by atoms with Crippen LogP contribution in [0.1, 0.15) is 56.0 Å². The molecule has 2 atom stereocenters.